The fourth-order valence-corrected chi connectivity index (χ4v) is 1.60. The number of halogens is 1. The van der Waals surface area contributed by atoms with Gasteiger partial charge in [0, 0.05) is 6.07 Å². The second kappa shape index (κ2) is 3.99. The molecule has 1 aromatic carbocycles. The molecule has 0 saturated heterocycles. The Morgan fingerprint density at radius 1 is 1.43 bits per heavy atom. The van der Waals surface area contributed by atoms with Crippen molar-refractivity contribution < 1.29 is 9.13 Å². The van der Waals surface area contributed by atoms with Crippen LogP contribution in [0.4, 0.5) is 4.39 Å². The van der Waals surface area contributed by atoms with E-state index in [9.17, 15) is 4.39 Å². The van der Waals surface area contributed by atoms with Gasteiger partial charge in [-0.2, -0.15) is 0 Å². The molecule has 0 heterocycles. The average molecular weight is 194 g/mol. The van der Waals surface area contributed by atoms with Crippen LogP contribution in [0.2, 0.25) is 0 Å². The Labute approximate surface area is 83.9 Å². The van der Waals surface area contributed by atoms with E-state index in [1.807, 2.05) is 6.92 Å². The summed E-state index contributed by atoms with van der Waals surface area (Å²) in [5.74, 6) is 1.16. The molecule has 0 bridgehead atoms. The van der Waals surface area contributed by atoms with E-state index in [1.165, 1.54) is 31.4 Å². The van der Waals surface area contributed by atoms with Gasteiger partial charge in [-0.05, 0) is 37.3 Å². The minimum absolute atomic E-state index is 0.223. The number of rotatable bonds is 3. The molecule has 0 amide bonds. The van der Waals surface area contributed by atoms with E-state index in [-0.39, 0.29) is 5.82 Å². The van der Waals surface area contributed by atoms with Crippen LogP contribution in [0.3, 0.4) is 0 Å². The Bertz CT molecular complexity index is 318. The monoisotopic (exact) mass is 194 g/mol. The van der Waals surface area contributed by atoms with Crippen molar-refractivity contribution in [3.63, 3.8) is 0 Å². The van der Waals surface area contributed by atoms with Crippen LogP contribution in [0.25, 0.3) is 0 Å². The van der Waals surface area contributed by atoms with E-state index < -0.39 is 0 Å². The molecule has 0 spiro atoms. The first-order valence-corrected chi connectivity index (χ1v) is 5.14. The number of hydrogen-bond donors (Lipinski definition) is 0. The van der Waals surface area contributed by atoms with Gasteiger partial charge in [-0.1, -0.05) is 12.5 Å². The van der Waals surface area contributed by atoms with Gasteiger partial charge < -0.3 is 4.74 Å². The zero-order valence-electron chi connectivity index (χ0n) is 8.42. The van der Waals surface area contributed by atoms with E-state index in [4.69, 9.17) is 4.74 Å². The summed E-state index contributed by atoms with van der Waals surface area (Å²) in [5.41, 5.74) is 1.01. The van der Waals surface area contributed by atoms with Crippen LogP contribution in [0.5, 0.6) is 5.75 Å². The van der Waals surface area contributed by atoms with Gasteiger partial charge in [0.2, 0.25) is 0 Å². The lowest BCUT2D eigenvalue weighted by Crippen LogP contribution is -2.19. The highest BCUT2D eigenvalue weighted by atomic mass is 19.1. The SMILES string of the molecule is Cc1ccc(F)cc1OCC1CCC1. The molecular formula is C12H15FO. The lowest BCUT2D eigenvalue weighted by atomic mass is 9.86. The molecule has 1 aliphatic rings. The molecular weight excluding hydrogens is 179 g/mol. The van der Waals surface area contributed by atoms with E-state index >= 15 is 0 Å². The summed E-state index contributed by atoms with van der Waals surface area (Å²) in [6.45, 7) is 2.68. The third kappa shape index (κ3) is 2.06. The molecule has 0 radical (unpaired) electrons. The van der Waals surface area contributed by atoms with Crippen molar-refractivity contribution in [1.29, 1.82) is 0 Å². The second-order valence-electron chi connectivity index (χ2n) is 4.02. The van der Waals surface area contributed by atoms with Gasteiger partial charge in [-0.15, -0.1) is 0 Å². The standard InChI is InChI=1S/C12H15FO/c1-9-5-6-11(13)7-12(9)14-8-10-3-2-4-10/h5-7,10H,2-4,8H2,1H3. The third-order valence-electron chi connectivity index (χ3n) is 2.85. The lowest BCUT2D eigenvalue weighted by molar-refractivity contribution is 0.179. The number of benzene rings is 1. The van der Waals surface area contributed by atoms with Crippen molar-refractivity contribution in [1.82, 2.24) is 0 Å². The Morgan fingerprint density at radius 3 is 2.86 bits per heavy atom. The van der Waals surface area contributed by atoms with Gasteiger partial charge in [0.15, 0.2) is 0 Å². The summed E-state index contributed by atoms with van der Waals surface area (Å²) < 4.78 is 18.5. The van der Waals surface area contributed by atoms with Crippen molar-refractivity contribution in [2.75, 3.05) is 6.61 Å². The second-order valence-corrected chi connectivity index (χ2v) is 4.02. The number of aryl methyl sites for hydroxylation is 1. The van der Waals surface area contributed by atoms with Crippen LogP contribution < -0.4 is 4.74 Å². The highest BCUT2D eigenvalue weighted by molar-refractivity contribution is 5.32. The Hall–Kier alpha value is -1.05. The molecule has 0 aromatic heterocycles. The summed E-state index contributed by atoms with van der Waals surface area (Å²) in [4.78, 5) is 0. The molecule has 1 fully saturated rings. The molecule has 1 nitrogen and oxygen atoms in total. The Balaban J connectivity index is 1.96. The first-order valence-electron chi connectivity index (χ1n) is 5.14. The van der Waals surface area contributed by atoms with Gasteiger partial charge in [0.1, 0.15) is 11.6 Å². The molecule has 2 rings (SSSR count). The molecule has 2 heteroatoms. The largest absolute Gasteiger partial charge is 0.493 e. The van der Waals surface area contributed by atoms with Crippen LogP contribution >= 0.6 is 0 Å². The molecule has 1 aliphatic carbocycles. The topological polar surface area (TPSA) is 9.23 Å². The quantitative estimate of drug-likeness (QED) is 0.717. The zero-order chi connectivity index (χ0) is 9.97. The Morgan fingerprint density at radius 2 is 2.21 bits per heavy atom. The van der Waals surface area contributed by atoms with Crippen LogP contribution in [-0.4, -0.2) is 6.61 Å². The van der Waals surface area contributed by atoms with Gasteiger partial charge in [-0.3, -0.25) is 0 Å². The minimum Gasteiger partial charge on any atom is -0.493 e. The van der Waals surface area contributed by atoms with E-state index in [0.29, 0.717) is 11.7 Å². The van der Waals surface area contributed by atoms with Crippen LogP contribution in [-0.2, 0) is 0 Å². The summed E-state index contributed by atoms with van der Waals surface area (Å²) in [6, 6.07) is 4.69. The third-order valence-corrected chi connectivity index (χ3v) is 2.85. The maximum absolute atomic E-state index is 12.9. The molecule has 14 heavy (non-hydrogen) atoms. The van der Waals surface area contributed by atoms with E-state index in [1.54, 1.807) is 6.07 Å². The average Bonchev–Trinajstić information content (AvgIpc) is 2.08. The molecule has 0 N–H and O–H groups in total. The first kappa shape index (κ1) is 9.50. The molecule has 0 aliphatic heterocycles. The van der Waals surface area contributed by atoms with Crippen LogP contribution in [0.15, 0.2) is 18.2 Å². The van der Waals surface area contributed by atoms with Crippen molar-refractivity contribution in [3.8, 4) is 5.75 Å². The first-order chi connectivity index (χ1) is 6.75. The van der Waals surface area contributed by atoms with Gasteiger partial charge >= 0.3 is 0 Å². The molecule has 0 atom stereocenters. The summed E-state index contributed by atoms with van der Waals surface area (Å²) >= 11 is 0. The van der Waals surface area contributed by atoms with E-state index in [2.05, 4.69) is 0 Å². The van der Waals surface area contributed by atoms with Gasteiger partial charge in [0.25, 0.3) is 0 Å². The molecule has 1 aromatic rings. The van der Waals surface area contributed by atoms with Crippen LogP contribution in [0, 0.1) is 18.7 Å². The van der Waals surface area contributed by atoms with Crippen molar-refractivity contribution >= 4 is 0 Å². The van der Waals surface area contributed by atoms with Crippen molar-refractivity contribution in [3.05, 3.63) is 29.6 Å². The van der Waals surface area contributed by atoms with Crippen LogP contribution in [0.1, 0.15) is 24.8 Å². The summed E-state index contributed by atoms with van der Waals surface area (Å²) in [6.07, 6.45) is 3.83. The van der Waals surface area contributed by atoms with E-state index in [0.717, 1.165) is 12.2 Å². The lowest BCUT2D eigenvalue weighted by Gasteiger charge is -2.25. The normalized spacial score (nSPS) is 16.4. The highest BCUT2D eigenvalue weighted by Gasteiger charge is 2.18. The predicted molar refractivity (Wildman–Crippen MR) is 54.0 cm³/mol. The molecule has 0 unspecified atom stereocenters. The maximum Gasteiger partial charge on any atom is 0.126 e. The van der Waals surface area contributed by atoms with Gasteiger partial charge in [-0.25, -0.2) is 4.39 Å². The summed E-state index contributed by atoms with van der Waals surface area (Å²) in [5, 5.41) is 0. The minimum atomic E-state index is -0.223. The highest BCUT2D eigenvalue weighted by Crippen LogP contribution is 2.28. The smallest absolute Gasteiger partial charge is 0.126 e. The zero-order valence-corrected chi connectivity index (χ0v) is 8.42. The van der Waals surface area contributed by atoms with Crippen molar-refractivity contribution in [2.24, 2.45) is 5.92 Å². The van der Waals surface area contributed by atoms with Crippen molar-refractivity contribution in [2.45, 2.75) is 26.2 Å². The fraction of sp³-hybridized carbons (Fsp3) is 0.500. The fourth-order valence-electron chi connectivity index (χ4n) is 1.60. The molecule has 76 valence electrons. The summed E-state index contributed by atoms with van der Waals surface area (Å²) in [7, 11) is 0. The maximum atomic E-state index is 12.9. The number of ether oxygens (including phenoxy) is 1. The Kier molecular flexibility index (Phi) is 2.71. The van der Waals surface area contributed by atoms with Gasteiger partial charge in [0.05, 0.1) is 6.61 Å². The predicted octanol–water partition coefficient (Wildman–Crippen LogP) is 3.31. The number of hydrogen-bond acceptors (Lipinski definition) is 1. The molecule has 1 saturated carbocycles.